The predicted molar refractivity (Wildman–Crippen MR) is 54.5 cm³/mol. The monoisotopic (exact) mass is 299 g/mol. The van der Waals surface area contributed by atoms with Crippen LogP contribution in [0, 0.1) is 0 Å². The van der Waals surface area contributed by atoms with E-state index < -0.39 is 16.8 Å². The number of methoxy groups -OCH3 is 1. The number of alkyl halides is 4. The maximum atomic E-state index is 12.3. The highest BCUT2D eigenvalue weighted by molar-refractivity contribution is 9.09. The van der Waals surface area contributed by atoms with Crippen molar-refractivity contribution in [1.29, 1.82) is 0 Å². The lowest BCUT2D eigenvalue weighted by atomic mass is 10.3. The van der Waals surface area contributed by atoms with Crippen LogP contribution in [0.15, 0.2) is 18.5 Å². The van der Waals surface area contributed by atoms with E-state index in [1.54, 1.807) is 0 Å². The van der Waals surface area contributed by atoms with Gasteiger partial charge in [-0.25, -0.2) is 0 Å². The maximum Gasteiger partial charge on any atom is 0.418 e. The van der Waals surface area contributed by atoms with Crippen molar-refractivity contribution in [3.63, 3.8) is 0 Å². The van der Waals surface area contributed by atoms with E-state index in [1.807, 2.05) is 0 Å². The van der Waals surface area contributed by atoms with E-state index in [0.29, 0.717) is 0 Å². The molecular formula is C9H9BrF3NO2. The Labute approximate surface area is 98.7 Å². The summed E-state index contributed by atoms with van der Waals surface area (Å²) in [6.07, 6.45) is -2.47. The number of ether oxygens (including phenoxy) is 2. The summed E-state index contributed by atoms with van der Waals surface area (Å²) in [4.78, 5) is 3.46. The fourth-order valence-electron chi connectivity index (χ4n) is 0.951. The fraction of sp³-hybridized carbons (Fsp3) is 0.444. The molecule has 1 unspecified atom stereocenters. The van der Waals surface area contributed by atoms with Crippen LogP contribution in [0.4, 0.5) is 13.2 Å². The molecule has 1 aromatic rings. The molecule has 0 aromatic carbocycles. The Bertz CT molecular complexity index is 346. The average molecular weight is 300 g/mol. The first-order chi connectivity index (χ1) is 7.43. The highest BCUT2D eigenvalue weighted by atomic mass is 79.9. The molecule has 0 radical (unpaired) electrons. The number of aromatic nitrogens is 1. The van der Waals surface area contributed by atoms with Gasteiger partial charge in [0.05, 0.1) is 18.4 Å². The van der Waals surface area contributed by atoms with E-state index in [9.17, 15) is 13.2 Å². The minimum Gasteiger partial charge on any atom is -0.475 e. The number of hydrogen-bond donors (Lipinski definition) is 0. The van der Waals surface area contributed by atoms with Crippen LogP contribution in [0.2, 0.25) is 0 Å². The van der Waals surface area contributed by atoms with Crippen molar-refractivity contribution in [3.05, 3.63) is 24.0 Å². The molecule has 0 amide bonds. The van der Waals surface area contributed by atoms with Gasteiger partial charge in [0.1, 0.15) is 5.75 Å². The summed E-state index contributed by atoms with van der Waals surface area (Å²) in [5.74, 6) is 0.0359. The molecule has 0 N–H and O–H groups in total. The van der Waals surface area contributed by atoms with E-state index in [-0.39, 0.29) is 12.4 Å². The zero-order valence-corrected chi connectivity index (χ0v) is 9.88. The Kier molecular flexibility index (Phi) is 4.55. The molecule has 0 saturated carbocycles. The molecule has 90 valence electrons. The molecular weight excluding hydrogens is 291 g/mol. The first kappa shape index (κ1) is 13.2. The van der Waals surface area contributed by atoms with E-state index in [0.717, 1.165) is 12.3 Å². The van der Waals surface area contributed by atoms with Crippen molar-refractivity contribution in [2.45, 2.75) is 11.2 Å². The van der Waals surface area contributed by atoms with Crippen LogP contribution in [0.3, 0.4) is 0 Å². The van der Waals surface area contributed by atoms with Crippen molar-refractivity contribution in [2.75, 3.05) is 13.7 Å². The van der Waals surface area contributed by atoms with Gasteiger partial charge in [-0.15, -0.1) is 0 Å². The third kappa shape index (κ3) is 3.97. The van der Waals surface area contributed by atoms with E-state index in [4.69, 9.17) is 9.47 Å². The molecule has 0 spiro atoms. The van der Waals surface area contributed by atoms with Crippen molar-refractivity contribution in [1.82, 2.24) is 4.98 Å². The third-order valence-electron chi connectivity index (χ3n) is 1.60. The maximum absolute atomic E-state index is 12.3. The summed E-state index contributed by atoms with van der Waals surface area (Å²) in [6, 6.07) is 0.886. The van der Waals surface area contributed by atoms with Crippen LogP contribution < -0.4 is 4.74 Å². The van der Waals surface area contributed by atoms with Crippen LogP contribution in [-0.4, -0.2) is 23.7 Å². The quantitative estimate of drug-likeness (QED) is 0.801. The molecule has 7 heteroatoms. The first-order valence-electron chi connectivity index (χ1n) is 4.25. The van der Waals surface area contributed by atoms with Gasteiger partial charge >= 0.3 is 6.18 Å². The molecule has 0 aliphatic rings. The number of hydrogen-bond acceptors (Lipinski definition) is 3. The van der Waals surface area contributed by atoms with Gasteiger partial charge in [0.2, 0.25) is 0 Å². The Morgan fingerprint density at radius 2 is 2.12 bits per heavy atom. The largest absolute Gasteiger partial charge is 0.475 e. The van der Waals surface area contributed by atoms with Crippen molar-refractivity contribution in [3.8, 4) is 5.75 Å². The molecule has 1 atom stereocenters. The second-order valence-corrected chi connectivity index (χ2v) is 3.91. The molecule has 16 heavy (non-hydrogen) atoms. The average Bonchev–Trinajstić information content (AvgIpc) is 2.17. The minimum absolute atomic E-state index is 0.0359. The summed E-state index contributed by atoms with van der Waals surface area (Å²) >= 11 is 3.09. The first-order valence-corrected chi connectivity index (χ1v) is 5.17. The zero-order valence-electron chi connectivity index (χ0n) is 8.29. The number of rotatable bonds is 4. The SMILES string of the molecule is COCC(Br)Oc1cncc(C(F)(F)F)c1. The third-order valence-corrected chi connectivity index (χ3v) is 2.05. The van der Waals surface area contributed by atoms with E-state index >= 15 is 0 Å². The lowest BCUT2D eigenvalue weighted by Crippen LogP contribution is -2.15. The van der Waals surface area contributed by atoms with Gasteiger partial charge in [0.25, 0.3) is 0 Å². The van der Waals surface area contributed by atoms with Crippen molar-refractivity contribution >= 4 is 15.9 Å². The zero-order chi connectivity index (χ0) is 12.2. The standard InChI is InChI=1S/C9H9BrF3NO2/c1-15-5-8(10)16-7-2-6(3-14-4-7)9(11,12)13/h2-4,8H,5H2,1H3. The molecule has 0 saturated heterocycles. The molecule has 0 fully saturated rings. The van der Waals surface area contributed by atoms with Gasteiger partial charge in [0.15, 0.2) is 5.01 Å². The second kappa shape index (κ2) is 5.49. The van der Waals surface area contributed by atoms with Crippen molar-refractivity contribution < 1.29 is 22.6 Å². The Balaban J connectivity index is 2.75. The molecule has 0 aliphatic heterocycles. The summed E-state index contributed by atoms with van der Waals surface area (Å²) in [7, 11) is 1.46. The predicted octanol–water partition coefficient (Wildman–Crippen LogP) is 2.85. The summed E-state index contributed by atoms with van der Waals surface area (Å²) in [6.45, 7) is 0.218. The highest BCUT2D eigenvalue weighted by Crippen LogP contribution is 2.30. The number of halogens is 4. The van der Waals surface area contributed by atoms with Crippen LogP contribution in [0.25, 0.3) is 0 Å². The topological polar surface area (TPSA) is 31.4 Å². The second-order valence-electron chi connectivity index (χ2n) is 2.89. The van der Waals surface area contributed by atoms with Gasteiger partial charge in [-0.05, 0) is 22.0 Å². The highest BCUT2D eigenvalue weighted by Gasteiger charge is 2.31. The Hall–Kier alpha value is -0.820. The molecule has 1 heterocycles. The van der Waals surface area contributed by atoms with E-state index in [2.05, 4.69) is 20.9 Å². The number of nitrogens with zero attached hydrogens (tertiary/aromatic N) is 1. The minimum atomic E-state index is -4.42. The molecule has 0 bridgehead atoms. The van der Waals surface area contributed by atoms with Gasteiger partial charge in [0, 0.05) is 13.3 Å². The van der Waals surface area contributed by atoms with Crippen LogP contribution in [-0.2, 0) is 10.9 Å². The van der Waals surface area contributed by atoms with Gasteiger partial charge in [-0.1, -0.05) is 0 Å². The summed E-state index contributed by atoms with van der Waals surface area (Å²) in [5.41, 5.74) is -0.845. The molecule has 3 nitrogen and oxygen atoms in total. The Morgan fingerprint density at radius 1 is 1.44 bits per heavy atom. The lowest BCUT2D eigenvalue weighted by Gasteiger charge is -2.13. The lowest BCUT2D eigenvalue weighted by molar-refractivity contribution is -0.138. The van der Waals surface area contributed by atoms with Crippen LogP contribution in [0.1, 0.15) is 5.56 Å². The smallest absolute Gasteiger partial charge is 0.418 e. The van der Waals surface area contributed by atoms with Crippen molar-refractivity contribution in [2.24, 2.45) is 0 Å². The van der Waals surface area contributed by atoms with Gasteiger partial charge in [-0.2, -0.15) is 13.2 Å². The van der Waals surface area contributed by atoms with Gasteiger partial charge in [-0.3, -0.25) is 4.98 Å². The van der Waals surface area contributed by atoms with E-state index in [1.165, 1.54) is 13.3 Å². The van der Waals surface area contributed by atoms with Gasteiger partial charge < -0.3 is 9.47 Å². The molecule has 0 aliphatic carbocycles. The van der Waals surface area contributed by atoms with Crippen LogP contribution in [0.5, 0.6) is 5.75 Å². The normalized spacial score (nSPS) is 13.6. The summed E-state index contributed by atoms with van der Waals surface area (Å²) < 4.78 is 46.8. The number of pyridine rings is 1. The molecule has 1 rings (SSSR count). The fourth-order valence-corrected chi connectivity index (χ4v) is 1.43. The summed E-state index contributed by atoms with van der Waals surface area (Å²) in [5, 5.41) is -0.511. The molecule has 1 aromatic heterocycles. The van der Waals surface area contributed by atoms with Crippen LogP contribution >= 0.6 is 15.9 Å². The Morgan fingerprint density at radius 3 is 2.69 bits per heavy atom.